The minimum absolute atomic E-state index is 0.0983. The zero-order valence-corrected chi connectivity index (χ0v) is 20.3. The van der Waals surface area contributed by atoms with Crippen molar-refractivity contribution in [3.8, 4) is 0 Å². The zero-order chi connectivity index (χ0) is 23.4. The van der Waals surface area contributed by atoms with Crippen LogP contribution in [0.2, 0.25) is 0 Å². The Kier molecular flexibility index (Phi) is 7.34. The van der Waals surface area contributed by atoms with E-state index in [4.69, 9.17) is 4.52 Å². The highest BCUT2D eigenvalue weighted by Crippen LogP contribution is 2.30. The van der Waals surface area contributed by atoms with Gasteiger partial charge in [0.1, 0.15) is 5.69 Å². The molecule has 0 N–H and O–H groups in total. The lowest BCUT2D eigenvalue weighted by Gasteiger charge is -2.33. The summed E-state index contributed by atoms with van der Waals surface area (Å²) in [5, 5.41) is 3.93. The topological polar surface area (TPSA) is 83.7 Å². The number of hydrogen-bond acceptors (Lipinski definition) is 5. The highest BCUT2D eigenvalue weighted by molar-refractivity contribution is 7.89. The van der Waals surface area contributed by atoms with Crippen LogP contribution in [-0.4, -0.2) is 54.9 Å². The summed E-state index contributed by atoms with van der Waals surface area (Å²) >= 11 is 0. The van der Waals surface area contributed by atoms with E-state index < -0.39 is 10.0 Å². The van der Waals surface area contributed by atoms with Crippen LogP contribution in [-0.2, 0) is 14.8 Å². The van der Waals surface area contributed by atoms with Gasteiger partial charge in [0.05, 0.1) is 0 Å². The first-order chi connectivity index (χ1) is 15.9. The Labute approximate surface area is 196 Å². The van der Waals surface area contributed by atoms with Crippen LogP contribution in [0, 0.1) is 19.8 Å². The van der Waals surface area contributed by atoms with E-state index in [1.807, 2.05) is 42.2 Å². The van der Waals surface area contributed by atoms with E-state index in [-0.39, 0.29) is 22.5 Å². The molecule has 3 heterocycles. The van der Waals surface area contributed by atoms with E-state index in [1.165, 1.54) is 17.1 Å². The minimum atomic E-state index is -3.77. The van der Waals surface area contributed by atoms with Gasteiger partial charge in [-0.05, 0) is 51.2 Å². The quantitative estimate of drug-likeness (QED) is 0.650. The number of piperidine rings is 1. The number of hydrogen-bond donors (Lipinski definition) is 0. The highest BCUT2D eigenvalue weighted by Gasteiger charge is 2.36. The first kappa shape index (κ1) is 23.7. The molecule has 1 aromatic carbocycles. The molecule has 1 amide bonds. The molecule has 0 radical (unpaired) electrons. The first-order valence-corrected chi connectivity index (χ1v) is 13.3. The molecule has 178 valence electrons. The minimum Gasteiger partial charge on any atom is -0.355 e. The van der Waals surface area contributed by atoms with Gasteiger partial charge in [-0.1, -0.05) is 53.9 Å². The molecule has 33 heavy (non-hydrogen) atoms. The monoisotopic (exact) mass is 471 g/mol. The van der Waals surface area contributed by atoms with Crippen LogP contribution in [0.1, 0.15) is 61.1 Å². The van der Waals surface area contributed by atoms with Crippen molar-refractivity contribution in [1.29, 1.82) is 0 Å². The molecule has 0 bridgehead atoms. The lowest BCUT2D eigenvalue weighted by Crippen LogP contribution is -2.44. The van der Waals surface area contributed by atoms with Crippen molar-refractivity contribution in [2.75, 3.05) is 26.2 Å². The second-order valence-corrected chi connectivity index (χ2v) is 11.0. The molecule has 2 saturated heterocycles. The molecule has 0 atom stereocenters. The fourth-order valence-corrected chi connectivity index (χ4v) is 6.49. The van der Waals surface area contributed by atoms with Crippen molar-refractivity contribution in [2.24, 2.45) is 5.92 Å². The summed E-state index contributed by atoms with van der Waals surface area (Å²) in [6, 6.07) is 7.93. The number of rotatable bonds is 5. The second kappa shape index (κ2) is 10.2. The fraction of sp³-hybridized carbons (Fsp3) is 0.520. The SMILES string of the molecule is Cc1cccc(/C=C/c2onc(C)c2S(=O)(=O)N2CCC(C(=O)N3CCCCCC3)CC2)c1. The Morgan fingerprint density at radius 1 is 1.03 bits per heavy atom. The summed E-state index contributed by atoms with van der Waals surface area (Å²) in [6.45, 7) is 5.97. The summed E-state index contributed by atoms with van der Waals surface area (Å²) in [5.41, 5.74) is 2.43. The normalized spacial score (nSPS) is 19.2. The summed E-state index contributed by atoms with van der Waals surface area (Å²) in [5.74, 6) is 0.326. The Morgan fingerprint density at radius 3 is 2.39 bits per heavy atom. The molecule has 1 aromatic heterocycles. The maximum absolute atomic E-state index is 13.5. The van der Waals surface area contributed by atoms with Crippen LogP contribution in [0.5, 0.6) is 0 Å². The van der Waals surface area contributed by atoms with Gasteiger partial charge in [-0.2, -0.15) is 4.31 Å². The largest absolute Gasteiger partial charge is 0.355 e. The number of sulfonamides is 1. The molecule has 4 rings (SSSR count). The van der Waals surface area contributed by atoms with Gasteiger partial charge in [0.2, 0.25) is 15.9 Å². The predicted octanol–water partition coefficient (Wildman–Crippen LogP) is 4.27. The number of carbonyl (C=O) groups is 1. The number of amides is 1. The zero-order valence-electron chi connectivity index (χ0n) is 19.5. The van der Waals surface area contributed by atoms with Gasteiger partial charge in [-0.15, -0.1) is 0 Å². The fourth-order valence-electron chi connectivity index (χ4n) is 4.77. The van der Waals surface area contributed by atoms with Gasteiger partial charge in [-0.3, -0.25) is 4.79 Å². The van der Waals surface area contributed by atoms with Crippen LogP contribution in [0.25, 0.3) is 12.2 Å². The molecule has 7 nitrogen and oxygen atoms in total. The number of likely N-dealkylation sites (tertiary alicyclic amines) is 1. The highest BCUT2D eigenvalue weighted by atomic mass is 32.2. The van der Waals surface area contributed by atoms with Crippen molar-refractivity contribution in [2.45, 2.75) is 57.3 Å². The lowest BCUT2D eigenvalue weighted by molar-refractivity contribution is -0.136. The van der Waals surface area contributed by atoms with E-state index in [1.54, 1.807) is 13.0 Å². The van der Waals surface area contributed by atoms with Crippen LogP contribution in [0.15, 0.2) is 33.7 Å². The third kappa shape index (κ3) is 5.38. The Bertz CT molecular complexity index is 1110. The number of carbonyl (C=O) groups excluding carboxylic acids is 1. The number of nitrogens with zero attached hydrogens (tertiary/aromatic N) is 3. The Hall–Kier alpha value is -2.45. The average Bonchev–Trinajstić information content (AvgIpc) is 3.00. The standard InChI is InChI=1S/C25H33N3O4S/c1-19-8-7-9-21(18-19)10-11-23-24(20(2)26-32-23)33(30,31)28-16-12-22(13-17-28)25(29)27-14-5-3-4-6-15-27/h7-11,18,22H,3-6,12-17H2,1-2H3/b11-10+. The lowest BCUT2D eigenvalue weighted by atomic mass is 9.96. The van der Waals surface area contributed by atoms with Gasteiger partial charge < -0.3 is 9.42 Å². The maximum Gasteiger partial charge on any atom is 0.248 e. The van der Waals surface area contributed by atoms with E-state index in [0.717, 1.165) is 37.1 Å². The summed E-state index contributed by atoms with van der Waals surface area (Å²) in [7, 11) is -3.77. The molecule has 2 aliphatic rings. The maximum atomic E-state index is 13.5. The number of aryl methyl sites for hydroxylation is 2. The van der Waals surface area contributed by atoms with Crippen molar-refractivity contribution in [3.05, 3.63) is 46.8 Å². The van der Waals surface area contributed by atoms with Crippen molar-refractivity contribution in [3.63, 3.8) is 0 Å². The predicted molar refractivity (Wildman–Crippen MR) is 128 cm³/mol. The molecule has 8 heteroatoms. The third-order valence-electron chi connectivity index (χ3n) is 6.62. The Balaban J connectivity index is 1.46. The van der Waals surface area contributed by atoms with Crippen LogP contribution in [0.4, 0.5) is 0 Å². The van der Waals surface area contributed by atoms with Crippen LogP contribution in [0.3, 0.4) is 0 Å². The van der Waals surface area contributed by atoms with Crippen molar-refractivity contribution in [1.82, 2.24) is 14.4 Å². The van der Waals surface area contributed by atoms with E-state index in [9.17, 15) is 13.2 Å². The van der Waals surface area contributed by atoms with Crippen LogP contribution < -0.4 is 0 Å². The van der Waals surface area contributed by atoms with Gasteiger partial charge in [-0.25, -0.2) is 8.42 Å². The molecule has 2 aliphatic heterocycles. The van der Waals surface area contributed by atoms with E-state index in [2.05, 4.69) is 5.16 Å². The number of benzene rings is 1. The molecule has 0 aliphatic carbocycles. The molecule has 2 fully saturated rings. The summed E-state index contributed by atoms with van der Waals surface area (Å²) in [6.07, 6.45) is 9.07. The van der Waals surface area contributed by atoms with Crippen LogP contribution >= 0.6 is 0 Å². The molecular weight excluding hydrogens is 438 g/mol. The van der Waals surface area contributed by atoms with Gasteiger partial charge in [0, 0.05) is 32.1 Å². The van der Waals surface area contributed by atoms with Crippen molar-refractivity contribution >= 4 is 28.1 Å². The molecule has 2 aromatic rings. The smallest absolute Gasteiger partial charge is 0.248 e. The summed E-state index contributed by atoms with van der Waals surface area (Å²) < 4.78 is 33.8. The number of aromatic nitrogens is 1. The molecule has 0 spiro atoms. The van der Waals surface area contributed by atoms with E-state index in [0.29, 0.717) is 31.6 Å². The molecular formula is C25H33N3O4S. The molecule has 0 saturated carbocycles. The first-order valence-electron chi connectivity index (χ1n) is 11.9. The average molecular weight is 472 g/mol. The second-order valence-electron chi connectivity index (χ2n) is 9.13. The van der Waals surface area contributed by atoms with Gasteiger partial charge in [0.25, 0.3) is 0 Å². The molecule has 0 unspecified atom stereocenters. The third-order valence-corrected chi connectivity index (χ3v) is 8.68. The van der Waals surface area contributed by atoms with Crippen molar-refractivity contribution < 1.29 is 17.7 Å². The van der Waals surface area contributed by atoms with Gasteiger partial charge in [0.15, 0.2) is 10.7 Å². The van der Waals surface area contributed by atoms with Gasteiger partial charge >= 0.3 is 0 Å². The summed E-state index contributed by atoms with van der Waals surface area (Å²) in [4.78, 5) is 15.1. The Morgan fingerprint density at radius 2 is 1.73 bits per heavy atom. The van der Waals surface area contributed by atoms with E-state index >= 15 is 0 Å².